The minimum absolute atomic E-state index is 0.385. The molecule has 0 spiro atoms. The minimum atomic E-state index is -1.02. The van der Waals surface area contributed by atoms with Gasteiger partial charge in [0, 0.05) is 24.1 Å². The lowest BCUT2D eigenvalue weighted by Crippen LogP contribution is -2.33. The van der Waals surface area contributed by atoms with E-state index in [1.165, 1.54) is 24.8 Å². The van der Waals surface area contributed by atoms with Gasteiger partial charge in [-0.15, -0.1) is 0 Å². The number of aromatic nitrogens is 1. The number of hydrogen-bond donors (Lipinski definition) is 1. The summed E-state index contributed by atoms with van der Waals surface area (Å²) in [5, 5.41) is 3.21. The fraction of sp³-hybridized carbons (Fsp3) is 0.389. The molecule has 0 saturated carbocycles. The highest BCUT2D eigenvalue weighted by molar-refractivity contribution is 5.96. The van der Waals surface area contributed by atoms with Crippen LogP contribution in [0, 0.1) is 0 Å². The van der Waals surface area contributed by atoms with E-state index in [9.17, 15) is 14.4 Å². The molecular weight excluding hydrogens is 324 g/mol. The molecule has 1 N–H and O–H groups in total. The van der Waals surface area contributed by atoms with Gasteiger partial charge in [0.2, 0.25) is 5.91 Å². The zero-order valence-corrected chi connectivity index (χ0v) is 15.0. The molecule has 134 valence electrons. The average Bonchev–Trinajstić information content (AvgIpc) is 2.89. The number of nitrogens with one attached hydrogen (secondary N) is 1. The lowest BCUT2D eigenvalue weighted by atomic mass is 10.1. The van der Waals surface area contributed by atoms with Crippen molar-refractivity contribution in [1.29, 1.82) is 0 Å². The maximum Gasteiger partial charge on any atom is 0.419 e. The minimum Gasteiger partial charge on any atom is -0.467 e. The van der Waals surface area contributed by atoms with Crippen molar-refractivity contribution < 1.29 is 23.9 Å². The van der Waals surface area contributed by atoms with Gasteiger partial charge in [-0.2, -0.15) is 0 Å². The number of benzene rings is 1. The van der Waals surface area contributed by atoms with E-state index in [4.69, 9.17) is 9.47 Å². The first-order valence-electron chi connectivity index (χ1n) is 7.82. The van der Waals surface area contributed by atoms with E-state index in [1.54, 1.807) is 45.0 Å². The number of ether oxygens (including phenoxy) is 2. The summed E-state index contributed by atoms with van der Waals surface area (Å²) < 4.78 is 11.5. The van der Waals surface area contributed by atoms with Crippen LogP contribution in [0.2, 0.25) is 0 Å². The molecule has 0 aliphatic carbocycles. The molecule has 7 nitrogen and oxygen atoms in total. The molecule has 1 amide bonds. The molecule has 7 heteroatoms. The number of rotatable bonds is 3. The van der Waals surface area contributed by atoms with Gasteiger partial charge >= 0.3 is 12.1 Å². The second kappa shape index (κ2) is 6.96. The zero-order chi connectivity index (χ0) is 18.8. The van der Waals surface area contributed by atoms with Crippen LogP contribution in [0.25, 0.3) is 10.9 Å². The molecular formula is C18H22N2O5. The number of esters is 1. The summed E-state index contributed by atoms with van der Waals surface area (Å²) in [6.07, 6.45) is 0.928. The van der Waals surface area contributed by atoms with Crippen LogP contribution in [0.15, 0.2) is 30.5 Å². The topological polar surface area (TPSA) is 86.6 Å². The highest BCUT2D eigenvalue weighted by atomic mass is 16.6. The number of carbonyl (C=O) groups excluding carboxylic acids is 3. The molecule has 0 bridgehead atoms. The van der Waals surface area contributed by atoms with Crippen molar-refractivity contribution >= 4 is 28.9 Å². The second-order valence-corrected chi connectivity index (χ2v) is 6.61. The number of para-hydroxylation sites is 1. The highest BCUT2D eigenvalue weighted by Crippen LogP contribution is 2.28. The standard InChI is InChI=1S/C18H22N2O5/c1-11(21)19-15(16(22)24-5)13-10-20(17(23)25-18(2,3)4)14-9-7-6-8-12(13)14/h6-10,15H,1-5H3,(H,19,21). The molecule has 1 heterocycles. The highest BCUT2D eigenvalue weighted by Gasteiger charge is 2.28. The molecule has 0 saturated heterocycles. The monoisotopic (exact) mass is 346 g/mol. The number of hydrogen-bond acceptors (Lipinski definition) is 5. The first kappa shape index (κ1) is 18.5. The quantitative estimate of drug-likeness (QED) is 0.864. The first-order chi connectivity index (χ1) is 11.6. The van der Waals surface area contributed by atoms with E-state index in [2.05, 4.69) is 5.32 Å². The summed E-state index contributed by atoms with van der Waals surface area (Å²) in [5.74, 6) is -1.01. The Labute approximate surface area is 145 Å². The lowest BCUT2D eigenvalue weighted by molar-refractivity contribution is -0.145. The van der Waals surface area contributed by atoms with Gasteiger partial charge in [-0.3, -0.25) is 9.36 Å². The van der Waals surface area contributed by atoms with Gasteiger partial charge in [-0.1, -0.05) is 18.2 Å². The van der Waals surface area contributed by atoms with Gasteiger partial charge in [-0.25, -0.2) is 9.59 Å². The van der Waals surface area contributed by atoms with Gasteiger partial charge in [0.25, 0.3) is 0 Å². The number of methoxy groups -OCH3 is 1. The maximum absolute atomic E-state index is 12.5. The zero-order valence-electron chi connectivity index (χ0n) is 15.0. The smallest absolute Gasteiger partial charge is 0.419 e. The van der Waals surface area contributed by atoms with Crippen molar-refractivity contribution in [2.75, 3.05) is 7.11 Å². The fourth-order valence-corrected chi connectivity index (χ4v) is 2.48. The van der Waals surface area contributed by atoms with Gasteiger partial charge < -0.3 is 14.8 Å². The van der Waals surface area contributed by atoms with Crippen LogP contribution >= 0.6 is 0 Å². The summed E-state index contributed by atoms with van der Waals surface area (Å²) >= 11 is 0. The molecule has 25 heavy (non-hydrogen) atoms. The number of fused-ring (bicyclic) bond motifs is 1. The summed E-state index contributed by atoms with van der Waals surface area (Å²) in [6, 6.07) is 6.05. The Morgan fingerprint density at radius 1 is 1.16 bits per heavy atom. The Morgan fingerprint density at radius 2 is 1.80 bits per heavy atom. The fourth-order valence-electron chi connectivity index (χ4n) is 2.48. The molecule has 1 aromatic carbocycles. The van der Waals surface area contributed by atoms with Crippen molar-refractivity contribution in [2.24, 2.45) is 0 Å². The summed E-state index contributed by atoms with van der Waals surface area (Å²) in [7, 11) is 1.24. The summed E-state index contributed by atoms with van der Waals surface area (Å²) in [4.78, 5) is 36.1. The van der Waals surface area contributed by atoms with E-state index < -0.39 is 23.7 Å². The van der Waals surface area contributed by atoms with E-state index in [-0.39, 0.29) is 5.91 Å². The van der Waals surface area contributed by atoms with Crippen molar-refractivity contribution in [3.63, 3.8) is 0 Å². The van der Waals surface area contributed by atoms with Crippen molar-refractivity contribution in [3.05, 3.63) is 36.0 Å². The average molecular weight is 346 g/mol. The summed E-state index contributed by atoms with van der Waals surface area (Å²) in [5.41, 5.74) is 0.372. The molecule has 1 aromatic heterocycles. The lowest BCUT2D eigenvalue weighted by Gasteiger charge is -2.19. The molecule has 1 atom stereocenters. The largest absolute Gasteiger partial charge is 0.467 e. The van der Waals surface area contributed by atoms with Crippen LogP contribution in [0.3, 0.4) is 0 Å². The molecule has 2 aromatic rings. The normalized spacial score (nSPS) is 12.5. The molecule has 2 rings (SSSR count). The first-order valence-corrected chi connectivity index (χ1v) is 7.82. The number of nitrogens with zero attached hydrogens (tertiary/aromatic N) is 1. The van der Waals surface area contributed by atoms with Gasteiger partial charge in [0.15, 0.2) is 6.04 Å². The number of carbonyl (C=O) groups is 3. The van der Waals surface area contributed by atoms with E-state index in [1.807, 2.05) is 0 Å². The van der Waals surface area contributed by atoms with Gasteiger partial charge in [-0.05, 0) is 26.8 Å². The van der Waals surface area contributed by atoms with Gasteiger partial charge in [0.05, 0.1) is 12.6 Å². The molecule has 0 radical (unpaired) electrons. The van der Waals surface area contributed by atoms with Crippen molar-refractivity contribution in [1.82, 2.24) is 9.88 Å². The van der Waals surface area contributed by atoms with Crippen LogP contribution in [0.1, 0.15) is 39.3 Å². The predicted molar refractivity (Wildman–Crippen MR) is 92.1 cm³/mol. The number of amides is 1. The predicted octanol–water partition coefficient (Wildman–Crippen LogP) is 2.77. The van der Waals surface area contributed by atoms with Crippen molar-refractivity contribution in [2.45, 2.75) is 39.3 Å². The Bertz CT molecular complexity index is 816. The molecule has 0 aliphatic rings. The Morgan fingerprint density at radius 3 is 2.36 bits per heavy atom. The molecule has 0 fully saturated rings. The third kappa shape index (κ3) is 4.17. The third-order valence-electron chi connectivity index (χ3n) is 3.43. The Kier molecular flexibility index (Phi) is 5.15. The SMILES string of the molecule is COC(=O)C(NC(C)=O)c1cn(C(=O)OC(C)(C)C)c2ccccc12. The maximum atomic E-state index is 12.5. The van der Waals surface area contributed by atoms with Crippen molar-refractivity contribution in [3.8, 4) is 0 Å². The molecule has 0 aliphatic heterocycles. The Balaban J connectivity index is 2.59. The third-order valence-corrected chi connectivity index (χ3v) is 3.43. The second-order valence-electron chi connectivity index (χ2n) is 6.61. The van der Waals surface area contributed by atoms with Crippen LogP contribution in [0.4, 0.5) is 4.79 Å². The Hall–Kier alpha value is -2.83. The van der Waals surface area contributed by atoms with Crippen LogP contribution in [0.5, 0.6) is 0 Å². The summed E-state index contributed by atoms with van der Waals surface area (Å²) in [6.45, 7) is 6.62. The van der Waals surface area contributed by atoms with Gasteiger partial charge in [0.1, 0.15) is 5.60 Å². The van der Waals surface area contributed by atoms with Crippen LogP contribution in [-0.2, 0) is 19.1 Å². The van der Waals surface area contributed by atoms with E-state index in [0.29, 0.717) is 16.5 Å². The molecule has 1 unspecified atom stereocenters. The van der Waals surface area contributed by atoms with Crippen LogP contribution in [-0.4, -0.2) is 35.2 Å². The van der Waals surface area contributed by atoms with E-state index in [0.717, 1.165) is 0 Å². The van der Waals surface area contributed by atoms with E-state index >= 15 is 0 Å². The van der Waals surface area contributed by atoms with Crippen LogP contribution < -0.4 is 5.32 Å².